The van der Waals surface area contributed by atoms with Crippen LogP contribution in [-0.4, -0.2) is 33.7 Å². The van der Waals surface area contributed by atoms with Crippen LogP contribution >= 0.6 is 0 Å². The van der Waals surface area contributed by atoms with E-state index in [0.29, 0.717) is 18.5 Å². The van der Waals surface area contributed by atoms with E-state index in [9.17, 15) is 0 Å². The molecule has 1 aliphatic rings. The van der Waals surface area contributed by atoms with Crippen molar-refractivity contribution in [1.82, 2.24) is 14.6 Å². The topological polar surface area (TPSA) is 59.5 Å². The molecule has 2 aromatic rings. The largest absolute Gasteiger partial charge is 0.352 e. The number of aromatic nitrogens is 3. The van der Waals surface area contributed by atoms with Crippen LogP contribution in [0.15, 0.2) is 18.5 Å². The average molecular weight is 259 g/mol. The van der Waals surface area contributed by atoms with Crippen LogP contribution in [0.1, 0.15) is 25.3 Å². The predicted octanol–water partition coefficient (Wildman–Crippen LogP) is 1.60. The number of piperidine rings is 1. The zero-order valence-corrected chi connectivity index (χ0v) is 11.6. The van der Waals surface area contributed by atoms with Crippen LogP contribution in [0.25, 0.3) is 5.65 Å². The first-order valence-corrected chi connectivity index (χ1v) is 6.98. The molecule has 19 heavy (non-hydrogen) atoms. The fraction of sp³-hybridized carbons (Fsp3) is 0.571. The Bertz CT molecular complexity index is 576. The van der Waals surface area contributed by atoms with Gasteiger partial charge >= 0.3 is 0 Å². The summed E-state index contributed by atoms with van der Waals surface area (Å²) in [7, 11) is 0. The van der Waals surface area contributed by atoms with Gasteiger partial charge in [0, 0.05) is 19.1 Å². The third-order valence-electron chi connectivity index (χ3n) is 4.16. The molecule has 0 saturated carbocycles. The Morgan fingerprint density at radius 1 is 1.42 bits per heavy atom. The van der Waals surface area contributed by atoms with Gasteiger partial charge in [-0.3, -0.25) is 0 Å². The van der Waals surface area contributed by atoms with Crippen LogP contribution < -0.4 is 10.6 Å². The minimum absolute atomic E-state index is 0.392. The molecule has 0 spiro atoms. The molecule has 0 aromatic carbocycles. The summed E-state index contributed by atoms with van der Waals surface area (Å²) in [6.07, 6.45) is 4.08. The van der Waals surface area contributed by atoms with Gasteiger partial charge in [-0.15, -0.1) is 0 Å². The van der Waals surface area contributed by atoms with E-state index in [1.807, 2.05) is 4.52 Å². The monoisotopic (exact) mass is 259 g/mol. The molecule has 1 fully saturated rings. The highest BCUT2D eigenvalue weighted by Crippen LogP contribution is 2.28. The third kappa shape index (κ3) is 2.08. The number of anilines is 1. The highest BCUT2D eigenvalue weighted by atomic mass is 15.4. The SMILES string of the molecule is Cc1cc(N2CCCC(C)C2CN)n2ncnc2c1. The molecule has 3 rings (SSSR count). The standard InChI is InChI=1S/C14H21N5/c1-10-6-13-16-9-17-19(13)14(7-10)18-5-3-4-11(2)12(18)8-15/h6-7,9,11-12H,3-5,8,15H2,1-2H3. The Morgan fingerprint density at radius 2 is 2.26 bits per heavy atom. The fourth-order valence-electron chi connectivity index (χ4n) is 3.13. The molecular weight excluding hydrogens is 238 g/mol. The van der Waals surface area contributed by atoms with E-state index in [1.165, 1.54) is 18.4 Å². The van der Waals surface area contributed by atoms with Crippen molar-refractivity contribution in [3.8, 4) is 0 Å². The summed E-state index contributed by atoms with van der Waals surface area (Å²) >= 11 is 0. The second-order valence-corrected chi connectivity index (χ2v) is 5.54. The van der Waals surface area contributed by atoms with Gasteiger partial charge in [0.25, 0.3) is 0 Å². The first-order valence-electron chi connectivity index (χ1n) is 6.98. The van der Waals surface area contributed by atoms with Gasteiger partial charge in [-0.25, -0.2) is 4.98 Å². The zero-order chi connectivity index (χ0) is 13.4. The van der Waals surface area contributed by atoms with Gasteiger partial charge in [-0.2, -0.15) is 9.61 Å². The normalized spacial score (nSPS) is 24.1. The molecule has 0 bridgehead atoms. The molecule has 0 radical (unpaired) electrons. The molecule has 2 unspecified atom stereocenters. The lowest BCUT2D eigenvalue weighted by Gasteiger charge is -2.40. The minimum Gasteiger partial charge on any atom is -0.352 e. The van der Waals surface area contributed by atoms with E-state index in [2.05, 4.69) is 41.0 Å². The number of pyridine rings is 1. The van der Waals surface area contributed by atoms with E-state index in [1.54, 1.807) is 6.33 Å². The smallest absolute Gasteiger partial charge is 0.157 e. The van der Waals surface area contributed by atoms with Gasteiger partial charge in [0.2, 0.25) is 0 Å². The molecule has 3 heterocycles. The van der Waals surface area contributed by atoms with Crippen molar-refractivity contribution < 1.29 is 0 Å². The predicted molar refractivity (Wildman–Crippen MR) is 76.3 cm³/mol. The fourth-order valence-corrected chi connectivity index (χ4v) is 3.13. The molecule has 5 nitrogen and oxygen atoms in total. The molecule has 0 amide bonds. The Labute approximate surface area is 113 Å². The Hall–Kier alpha value is -1.62. The highest BCUT2D eigenvalue weighted by Gasteiger charge is 2.29. The maximum atomic E-state index is 5.99. The summed E-state index contributed by atoms with van der Waals surface area (Å²) in [5, 5.41) is 4.35. The number of aryl methyl sites for hydroxylation is 1. The van der Waals surface area contributed by atoms with Crippen LogP contribution in [-0.2, 0) is 0 Å². The van der Waals surface area contributed by atoms with Crippen molar-refractivity contribution in [2.45, 2.75) is 32.7 Å². The van der Waals surface area contributed by atoms with Crippen molar-refractivity contribution in [2.24, 2.45) is 11.7 Å². The van der Waals surface area contributed by atoms with E-state index in [4.69, 9.17) is 5.73 Å². The number of hydrogen-bond donors (Lipinski definition) is 1. The summed E-state index contributed by atoms with van der Waals surface area (Å²) < 4.78 is 1.92. The molecule has 2 atom stereocenters. The summed E-state index contributed by atoms with van der Waals surface area (Å²) in [5.41, 5.74) is 8.11. The molecule has 0 aliphatic carbocycles. The molecular formula is C14H21N5. The second kappa shape index (κ2) is 4.81. The van der Waals surface area contributed by atoms with Crippen LogP contribution in [0.2, 0.25) is 0 Å². The van der Waals surface area contributed by atoms with Crippen LogP contribution in [0, 0.1) is 12.8 Å². The van der Waals surface area contributed by atoms with E-state index in [0.717, 1.165) is 18.0 Å². The second-order valence-electron chi connectivity index (χ2n) is 5.54. The van der Waals surface area contributed by atoms with Crippen LogP contribution in [0.3, 0.4) is 0 Å². The summed E-state index contributed by atoms with van der Waals surface area (Å²) in [4.78, 5) is 6.70. The summed E-state index contributed by atoms with van der Waals surface area (Å²) in [6.45, 7) is 6.12. The van der Waals surface area contributed by atoms with Crippen molar-refractivity contribution in [3.05, 3.63) is 24.0 Å². The third-order valence-corrected chi connectivity index (χ3v) is 4.16. The number of nitrogens with zero attached hydrogens (tertiary/aromatic N) is 4. The van der Waals surface area contributed by atoms with Gasteiger partial charge in [0.15, 0.2) is 5.65 Å². The van der Waals surface area contributed by atoms with Crippen LogP contribution in [0.5, 0.6) is 0 Å². The number of fused-ring (bicyclic) bond motifs is 1. The maximum Gasteiger partial charge on any atom is 0.157 e. The molecule has 102 valence electrons. The lowest BCUT2D eigenvalue weighted by molar-refractivity contribution is 0.346. The van der Waals surface area contributed by atoms with E-state index >= 15 is 0 Å². The number of nitrogens with two attached hydrogens (primary N) is 1. The lowest BCUT2D eigenvalue weighted by atomic mass is 9.91. The van der Waals surface area contributed by atoms with Gasteiger partial charge in [-0.1, -0.05) is 6.92 Å². The molecule has 1 saturated heterocycles. The van der Waals surface area contributed by atoms with E-state index in [-0.39, 0.29) is 0 Å². The summed E-state index contributed by atoms with van der Waals surface area (Å²) in [6, 6.07) is 4.63. The summed E-state index contributed by atoms with van der Waals surface area (Å²) in [5.74, 6) is 1.74. The van der Waals surface area contributed by atoms with Gasteiger partial charge in [0.1, 0.15) is 12.1 Å². The average Bonchev–Trinajstić information content (AvgIpc) is 2.85. The maximum absolute atomic E-state index is 5.99. The minimum atomic E-state index is 0.392. The zero-order valence-electron chi connectivity index (χ0n) is 11.6. The van der Waals surface area contributed by atoms with Crippen molar-refractivity contribution in [3.63, 3.8) is 0 Å². The van der Waals surface area contributed by atoms with Crippen molar-refractivity contribution >= 4 is 11.5 Å². The Kier molecular flexibility index (Phi) is 3.14. The molecule has 1 aliphatic heterocycles. The molecule has 2 N–H and O–H groups in total. The molecule has 2 aromatic heterocycles. The Morgan fingerprint density at radius 3 is 3.05 bits per heavy atom. The highest BCUT2D eigenvalue weighted by molar-refractivity contribution is 5.53. The van der Waals surface area contributed by atoms with Gasteiger partial charge < -0.3 is 10.6 Å². The van der Waals surface area contributed by atoms with Gasteiger partial charge in [0.05, 0.1) is 0 Å². The lowest BCUT2D eigenvalue weighted by Crippen LogP contribution is -2.49. The first kappa shape index (κ1) is 12.4. The van der Waals surface area contributed by atoms with Crippen molar-refractivity contribution in [1.29, 1.82) is 0 Å². The quantitative estimate of drug-likeness (QED) is 0.890. The molecule has 5 heteroatoms. The Balaban J connectivity index is 2.09. The van der Waals surface area contributed by atoms with E-state index < -0.39 is 0 Å². The van der Waals surface area contributed by atoms with Crippen LogP contribution in [0.4, 0.5) is 5.82 Å². The van der Waals surface area contributed by atoms with Gasteiger partial charge in [-0.05, 0) is 43.4 Å². The number of hydrogen-bond acceptors (Lipinski definition) is 4. The van der Waals surface area contributed by atoms with Crippen molar-refractivity contribution in [2.75, 3.05) is 18.0 Å². The first-order chi connectivity index (χ1) is 9.20. The number of rotatable bonds is 2.